The fraction of sp³-hybridized carbons (Fsp3) is 0.429. The summed E-state index contributed by atoms with van der Waals surface area (Å²) in [6.45, 7) is 1.35. The van der Waals surface area contributed by atoms with Gasteiger partial charge < -0.3 is 30.7 Å². The van der Waals surface area contributed by atoms with Gasteiger partial charge in [-0.2, -0.15) is 0 Å². The number of carboxylic acid groups (broad SMARTS) is 2. The second kappa shape index (κ2) is 8.25. The van der Waals surface area contributed by atoms with Gasteiger partial charge in [0.25, 0.3) is 0 Å². The van der Waals surface area contributed by atoms with Crippen LogP contribution in [0.4, 0.5) is 0 Å². The Balaban J connectivity index is 2.76. The molecule has 6 N–H and O–H groups in total. The molecule has 24 heavy (non-hydrogen) atoms. The SMILES string of the molecule is CC(Oc1ccc(C(O)P(=O)(O)CC[C@@H](N)C(=O)O)cc1)C(=O)O. The molecule has 0 aliphatic carbocycles. The molecule has 0 heterocycles. The number of aliphatic carboxylic acids is 2. The third kappa shape index (κ3) is 5.61. The molecular weight excluding hydrogens is 341 g/mol. The first-order valence-corrected chi connectivity index (χ1v) is 8.93. The van der Waals surface area contributed by atoms with E-state index in [9.17, 15) is 24.2 Å². The first-order chi connectivity index (χ1) is 11.0. The molecule has 0 amide bonds. The van der Waals surface area contributed by atoms with Crippen molar-refractivity contribution in [1.82, 2.24) is 0 Å². The first-order valence-electron chi connectivity index (χ1n) is 7.02. The zero-order valence-corrected chi connectivity index (χ0v) is 13.8. The lowest BCUT2D eigenvalue weighted by Crippen LogP contribution is -2.31. The predicted molar refractivity (Wildman–Crippen MR) is 84.0 cm³/mol. The monoisotopic (exact) mass is 361 g/mol. The lowest BCUT2D eigenvalue weighted by molar-refractivity contribution is -0.144. The molecular formula is C14H20NO8P. The van der Waals surface area contributed by atoms with Crippen molar-refractivity contribution in [2.45, 2.75) is 31.3 Å². The topological polar surface area (TPSA) is 167 Å². The molecule has 1 aromatic carbocycles. The fourth-order valence-electron chi connectivity index (χ4n) is 1.78. The zero-order chi connectivity index (χ0) is 18.5. The summed E-state index contributed by atoms with van der Waals surface area (Å²) < 4.78 is 17.2. The van der Waals surface area contributed by atoms with E-state index in [0.717, 1.165) is 0 Å². The van der Waals surface area contributed by atoms with Crippen LogP contribution in [0.3, 0.4) is 0 Å². The molecule has 1 aromatic rings. The molecule has 0 aromatic heterocycles. The lowest BCUT2D eigenvalue weighted by Gasteiger charge is -2.20. The number of ether oxygens (including phenoxy) is 1. The van der Waals surface area contributed by atoms with Crippen molar-refractivity contribution in [1.29, 1.82) is 0 Å². The van der Waals surface area contributed by atoms with E-state index in [4.69, 9.17) is 20.7 Å². The minimum Gasteiger partial charge on any atom is -0.480 e. The van der Waals surface area contributed by atoms with Crippen LogP contribution in [0.5, 0.6) is 5.75 Å². The van der Waals surface area contributed by atoms with Gasteiger partial charge in [0, 0.05) is 6.16 Å². The van der Waals surface area contributed by atoms with Crippen LogP contribution in [-0.4, -0.2) is 50.5 Å². The average Bonchev–Trinajstić information content (AvgIpc) is 2.52. The van der Waals surface area contributed by atoms with Crippen LogP contribution in [-0.2, 0) is 14.2 Å². The molecule has 1 rings (SSSR count). The summed E-state index contributed by atoms with van der Waals surface area (Å²) in [5.41, 5.74) is 5.40. The smallest absolute Gasteiger partial charge is 0.344 e. The summed E-state index contributed by atoms with van der Waals surface area (Å²) in [7, 11) is -4.08. The van der Waals surface area contributed by atoms with E-state index in [2.05, 4.69) is 0 Å². The highest BCUT2D eigenvalue weighted by Gasteiger charge is 2.31. The number of carbonyl (C=O) groups is 2. The van der Waals surface area contributed by atoms with Crippen LogP contribution in [0.1, 0.15) is 24.8 Å². The molecule has 0 aliphatic heterocycles. The minimum atomic E-state index is -4.08. The van der Waals surface area contributed by atoms with Gasteiger partial charge in [-0.3, -0.25) is 9.36 Å². The van der Waals surface area contributed by atoms with E-state index in [1.807, 2.05) is 0 Å². The Labute approximate surface area is 138 Å². The fourth-order valence-corrected chi connectivity index (χ4v) is 3.31. The normalized spacial score (nSPS) is 17.3. The van der Waals surface area contributed by atoms with Gasteiger partial charge in [-0.15, -0.1) is 0 Å². The molecule has 3 unspecified atom stereocenters. The lowest BCUT2D eigenvalue weighted by atomic mass is 10.2. The van der Waals surface area contributed by atoms with Crippen molar-refractivity contribution in [3.63, 3.8) is 0 Å². The van der Waals surface area contributed by atoms with E-state index in [-0.39, 0.29) is 17.7 Å². The van der Waals surface area contributed by atoms with Gasteiger partial charge in [0.1, 0.15) is 11.8 Å². The molecule has 0 saturated carbocycles. The van der Waals surface area contributed by atoms with Crippen molar-refractivity contribution in [3.05, 3.63) is 29.8 Å². The first kappa shape index (κ1) is 20.1. The maximum Gasteiger partial charge on any atom is 0.344 e. The van der Waals surface area contributed by atoms with Crippen LogP contribution >= 0.6 is 7.37 Å². The van der Waals surface area contributed by atoms with Crippen molar-refractivity contribution in [2.75, 3.05) is 6.16 Å². The summed E-state index contributed by atoms with van der Waals surface area (Å²) in [6.07, 6.45) is -1.77. The number of aliphatic hydroxyl groups is 1. The summed E-state index contributed by atoms with van der Waals surface area (Å²) in [4.78, 5) is 31.2. The minimum absolute atomic E-state index is 0.125. The average molecular weight is 361 g/mol. The Morgan fingerprint density at radius 2 is 1.75 bits per heavy atom. The molecule has 0 spiro atoms. The van der Waals surface area contributed by atoms with Gasteiger partial charge in [-0.05, 0) is 31.0 Å². The molecule has 134 valence electrons. The maximum atomic E-state index is 12.1. The van der Waals surface area contributed by atoms with Crippen LogP contribution in [0, 0.1) is 0 Å². The van der Waals surface area contributed by atoms with Crippen LogP contribution < -0.4 is 10.5 Å². The maximum absolute atomic E-state index is 12.1. The van der Waals surface area contributed by atoms with Gasteiger partial charge >= 0.3 is 11.9 Å². The Morgan fingerprint density at radius 1 is 1.21 bits per heavy atom. The Bertz CT molecular complexity index is 632. The predicted octanol–water partition coefficient (Wildman–Crippen LogP) is 0.602. The van der Waals surface area contributed by atoms with E-state index < -0.39 is 43.5 Å². The van der Waals surface area contributed by atoms with Gasteiger partial charge in [0.2, 0.25) is 7.37 Å². The highest BCUT2D eigenvalue weighted by atomic mass is 31.2. The molecule has 9 nitrogen and oxygen atoms in total. The number of hydrogen-bond acceptors (Lipinski definition) is 6. The molecule has 4 atom stereocenters. The highest BCUT2D eigenvalue weighted by molar-refractivity contribution is 7.58. The van der Waals surface area contributed by atoms with Crippen molar-refractivity contribution in [3.8, 4) is 5.75 Å². The second-order valence-electron chi connectivity index (χ2n) is 5.25. The van der Waals surface area contributed by atoms with E-state index >= 15 is 0 Å². The van der Waals surface area contributed by atoms with Crippen molar-refractivity contribution < 1.29 is 39.1 Å². The van der Waals surface area contributed by atoms with Gasteiger partial charge in [-0.25, -0.2) is 4.79 Å². The van der Waals surface area contributed by atoms with Crippen LogP contribution in [0.15, 0.2) is 24.3 Å². The van der Waals surface area contributed by atoms with Crippen molar-refractivity contribution >= 4 is 19.3 Å². The molecule has 10 heteroatoms. The number of nitrogens with two attached hydrogens (primary N) is 1. The molecule has 0 bridgehead atoms. The zero-order valence-electron chi connectivity index (χ0n) is 12.9. The molecule has 0 radical (unpaired) electrons. The van der Waals surface area contributed by atoms with Gasteiger partial charge in [-0.1, -0.05) is 12.1 Å². The summed E-state index contributed by atoms with van der Waals surface area (Å²) in [5.74, 6) is -3.92. The third-order valence-corrected chi connectivity index (χ3v) is 5.26. The van der Waals surface area contributed by atoms with Gasteiger partial charge in [0.15, 0.2) is 11.9 Å². The van der Waals surface area contributed by atoms with Crippen molar-refractivity contribution in [2.24, 2.45) is 5.73 Å². The largest absolute Gasteiger partial charge is 0.480 e. The number of carboxylic acids is 2. The highest BCUT2D eigenvalue weighted by Crippen LogP contribution is 2.54. The molecule has 0 aliphatic rings. The number of rotatable bonds is 9. The third-order valence-electron chi connectivity index (χ3n) is 3.30. The number of benzene rings is 1. The quantitative estimate of drug-likeness (QED) is 0.396. The standard InChI is InChI=1S/C14H20NO8P/c1-8(12(16)17)23-10-4-2-9(3-5-10)14(20)24(21,22)7-6-11(15)13(18)19/h2-5,8,11,14,20H,6-7,15H2,1H3,(H,16,17)(H,18,19)(H,21,22)/t8?,11-,14?/m1/s1. The molecule has 0 fully saturated rings. The molecule has 0 saturated heterocycles. The van der Waals surface area contributed by atoms with E-state index in [1.54, 1.807) is 0 Å². The Hall–Kier alpha value is -1.93. The summed E-state index contributed by atoms with van der Waals surface area (Å²) in [6, 6.07) is 4.09. The number of hydrogen-bond donors (Lipinski definition) is 5. The number of aliphatic hydroxyl groups excluding tert-OH is 1. The van der Waals surface area contributed by atoms with Crippen LogP contribution in [0.2, 0.25) is 0 Å². The summed E-state index contributed by atoms with van der Waals surface area (Å²) >= 11 is 0. The van der Waals surface area contributed by atoms with Gasteiger partial charge in [0.05, 0.1) is 0 Å². The summed E-state index contributed by atoms with van der Waals surface area (Å²) in [5, 5.41) is 27.4. The Morgan fingerprint density at radius 3 is 2.21 bits per heavy atom. The second-order valence-corrected chi connectivity index (χ2v) is 7.70. The van der Waals surface area contributed by atoms with E-state index in [1.165, 1.54) is 31.2 Å². The Kier molecular flexibility index (Phi) is 6.92. The van der Waals surface area contributed by atoms with Crippen LogP contribution in [0.25, 0.3) is 0 Å². The van der Waals surface area contributed by atoms with E-state index in [0.29, 0.717) is 0 Å².